The van der Waals surface area contributed by atoms with Gasteiger partial charge in [0, 0.05) is 5.41 Å². The Morgan fingerprint density at radius 2 is 1.65 bits per heavy atom. The zero-order chi connectivity index (χ0) is 11.6. The first-order valence-electron chi connectivity index (χ1n) is 6.66. The number of nitrogens with one attached hydrogen (secondary N) is 1. The molecule has 4 heteroatoms. The van der Waals surface area contributed by atoms with Gasteiger partial charge in [-0.2, -0.15) is 0 Å². The van der Waals surface area contributed by atoms with Crippen LogP contribution < -0.4 is 5.73 Å². The number of rotatable bonds is 1. The van der Waals surface area contributed by atoms with Crippen molar-refractivity contribution in [2.24, 2.45) is 17.8 Å². The van der Waals surface area contributed by atoms with Gasteiger partial charge in [0.05, 0.1) is 5.69 Å². The summed E-state index contributed by atoms with van der Waals surface area (Å²) in [5.74, 6) is 3.43. The number of hydrogen-bond donors (Lipinski definition) is 2. The van der Waals surface area contributed by atoms with Crippen molar-refractivity contribution in [2.45, 2.75) is 43.9 Å². The van der Waals surface area contributed by atoms with E-state index in [4.69, 9.17) is 5.73 Å². The van der Waals surface area contributed by atoms with Gasteiger partial charge in [-0.3, -0.25) is 0 Å². The molecule has 4 fully saturated rings. The van der Waals surface area contributed by atoms with E-state index in [2.05, 4.69) is 25.9 Å². The number of halogens is 1. The molecule has 0 saturated heterocycles. The van der Waals surface area contributed by atoms with E-state index >= 15 is 0 Å². The normalized spacial score (nSPS) is 43.2. The maximum atomic E-state index is 5.80. The largest absolute Gasteiger partial charge is 0.369 e. The number of nitrogens with two attached hydrogens (primary N) is 1. The van der Waals surface area contributed by atoms with Gasteiger partial charge in [-0.05, 0) is 72.2 Å². The van der Waals surface area contributed by atoms with Crippen LogP contribution in [-0.4, -0.2) is 9.97 Å². The zero-order valence-electron chi connectivity index (χ0n) is 9.88. The van der Waals surface area contributed by atoms with Crippen molar-refractivity contribution >= 4 is 21.9 Å². The Kier molecular flexibility index (Phi) is 2.01. The van der Waals surface area contributed by atoms with Crippen molar-refractivity contribution < 1.29 is 0 Å². The monoisotopic (exact) mass is 295 g/mol. The molecule has 3 nitrogen and oxygen atoms in total. The Bertz CT molecular complexity index is 430. The molecule has 1 heterocycles. The molecule has 0 atom stereocenters. The van der Waals surface area contributed by atoms with Crippen molar-refractivity contribution in [1.82, 2.24) is 9.97 Å². The Hall–Kier alpha value is -0.510. The van der Waals surface area contributed by atoms with Crippen LogP contribution >= 0.6 is 15.9 Å². The summed E-state index contributed by atoms with van der Waals surface area (Å²) in [5.41, 5.74) is 7.45. The number of nitrogens with zero attached hydrogens (tertiary/aromatic N) is 1. The molecule has 4 aliphatic carbocycles. The lowest BCUT2D eigenvalue weighted by atomic mass is 9.49. The fourth-order valence-corrected chi connectivity index (χ4v) is 5.85. The number of anilines is 1. The molecule has 4 bridgehead atoms. The third-order valence-electron chi connectivity index (χ3n) is 5.25. The summed E-state index contributed by atoms with van der Waals surface area (Å²) in [6, 6.07) is 0. The first-order valence-corrected chi connectivity index (χ1v) is 7.45. The molecule has 4 saturated carbocycles. The molecule has 5 rings (SSSR count). The summed E-state index contributed by atoms with van der Waals surface area (Å²) in [6.07, 6.45) is 8.46. The molecule has 0 amide bonds. The highest BCUT2D eigenvalue weighted by Gasteiger charge is 2.53. The van der Waals surface area contributed by atoms with Crippen molar-refractivity contribution in [3.05, 3.63) is 10.3 Å². The molecule has 0 radical (unpaired) electrons. The van der Waals surface area contributed by atoms with E-state index in [0.717, 1.165) is 22.4 Å². The molecule has 4 aliphatic rings. The van der Waals surface area contributed by atoms with Gasteiger partial charge in [0.1, 0.15) is 4.60 Å². The van der Waals surface area contributed by atoms with Gasteiger partial charge in [0.25, 0.3) is 0 Å². The van der Waals surface area contributed by atoms with Crippen LogP contribution in [0.3, 0.4) is 0 Å². The van der Waals surface area contributed by atoms with Gasteiger partial charge in [0.15, 0.2) is 5.95 Å². The molecule has 3 N–H and O–H groups in total. The van der Waals surface area contributed by atoms with Gasteiger partial charge in [-0.15, -0.1) is 0 Å². The highest BCUT2D eigenvalue weighted by molar-refractivity contribution is 9.10. The molecule has 1 aromatic rings. The van der Waals surface area contributed by atoms with E-state index in [1.165, 1.54) is 44.2 Å². The average Bonchev–Trinajstić information content (AvgIpc) is 2.56. The average molecular weight is 296 g/mol. The predicted octanol–water partition coefficient (Wildman–Crippen LogP) is 3.22. The maximum Gasteiger partial charge on any atom is 0.198 e. The van der Waals surface area contributed by atoms with Gasteiger partial charge >= 0.3 is 0 Å². The molecular formula is C13H18BrN3. The lowest BCUT2D eigenvalue weighted by Crippen LogP contribution is -2.48. The lowest BCUT2D eigenvalue weighted by Gasteiger charge is -2.56. The topological polar surface area (TPSA) is 54.7 Å². The summed E-state index contributed by atoms with van der Waals surface area (Å²) >= 11 is 3.59. The van der Waals surface area contributed by atoms with Crippen molar-refractivity contribution in [3.8, 4) is 0 Å². The van der Waals surface area contributed by atoms with Crippen LogP contribution in [0, 0.1) is 17.8 Å². The van der Waals surface area contributed by atoms with E-state index < -0.39 is 0 Å². The number of imidazole rings is 1. The molecule has 1 aromatic heterocycles. The number of nitrogen functional groups attached to an aromatic ring is 1. The first kappa shape index (κ1) is 10.4. The van der Waals surface area contributed by atoms with Crippen LogP contribution in [0.4, 0.5) is 5.95 Å². The fraction of sp³-hybridized carbons (Fsp3) is 0.769. The van der Waals surface area contributed by atoms with Crippen molar-refractivity contribution in [2.75, 3.05) is 5.73 Å². The van der Waals surface area contributed by atoms with E-state index in [1.807, 2.05) is 0 Å². The van der Waals surface area contributed by atoms with Gasteiger partial charge in [0.2, 0.25) is 0 Å². The fourth-order valence-electron chi connectivity index (χ4n) is 5.14. The highest BCUT2D eigenvalue weighted by atomic mass is 79.9. The van der Waals surface area contributed by atoms with E-state index in [0.29, 0.717) is 11.4 Å². The zero-order valence-corrected chi connectivity index (χ0v) is 11.5. The SMILES string of the molecule is Nc1nc(Br)c(C23CC4CC(CC(C4)C2)C3)[nH]1. The Morgan fingerprint density at radius 3 is 2.06 bits per heavy atom. The maximum absolute atomic E-state index is 5.80. The minimum absolute atomic E-state index is 0.359. The Balaban J connectivity index is 1.79. The molecule has 0 aromatic carbocycles. The summed E-state index contributed by atoms with van der Waals surface area (Å²) < 4.78 is 0.956. The van der Waals surface area contributed by atoms with Gasteiger partial charge in [-0.25, -0.2) is 4.98 Å². The molecule has 92 valence electrons. The number of aromatic nitrogens is 2. The van der Waals surface area contributed by atoms with Crippen LogP contribution in [0.2, 0.25) is 0 Å². The number of hydrogen-bond acceptors (Lipinski definition) is 2. The summed E-state index contributed by atoms with van der Waals surface area (Å²) in [7, 11) is 0. The Morgan fingerprint density at radius 1 is 1.12 bits per heavy atom. The first-order chi connectivity index (χ1) is 8.14. The van der Waals surface area contributed by atoms with Crippen LogP contribution in [0.25, 0.3) is 0 Å². The highest BCUT2D eigenvalue weighted by Crippen LogP contribution is 2.61. The van der Waals surface area contributed by atoms with E-state index in [1.54, 1.807) is 0 Å². The number of aromatic amines is 1. The second-order valence-electron chi connectivity index (χ2n) is 6.49. The number of H-pyrrole nitrogens is 1. The summed E-state index contributed by atoms with van der Waals surface area (Å²) in [5, 5.41) is 0. The smallest absolute Gasteiger partial charge is 0.198 e. The molecule has 0 aliphatic heterocycles. The minimum Gasteiger partial charge on any atom is -0.369 e. The quantitative estimate of drug-likeness (QED) is 0.836. The van der Waals surface area contributed by atoms with Crippen LogP contribution in [-0.2, 0) is 5.41 Å². The minimum atomic E-state index is 0.359. The van der Waals surface area contributed by atoms with E-state index in [9.17, 15) is 0 Å². The third kappa shape index (κ3) is 1.42. The lowest BCUT2D eigenvalue weighted by molar-refractivity contribution is -0.00733. The molecular weight excluding hydrogens is 278 g/mol. The van der Waals surface area contributed by atoms with Gasteiger partial charge in [-0.1, -0.05) is 0 Å². The molecule has 0 unspecified atom stereocenters. The van der Waals surface area contributed by atoms with Crippen molar-refractivity contribution in [3.63, 3.8) is 0 Å². The third-order valence-corrected chi connectivity index (χ3v) is 5.82. The van der Waals surface area contributed by atoms with Crippen LogP contribution in [0.15, 0.2) is 4.60 Å². The standard InChI is InChI=1S/C13H18BrN3/c14-11-10(16-12(15)17-11)13-4-7-1-8(5-13)3-9(2-7)6-13/h7-9H,1-6H2,(H3,15,16,17). The molecule has 0 spiro atoms. The molecule has 17 heavy (non-hydrogen) atoms. The van der Waals surface area contributed by atoms with Crippen LogP contribution in [0.5, 0.6) is 0 Å². The second-order valence-corrected chi connectivity index (χ2v) is 7.24. The van der Waals surface area contributed by atoms with Crippen LogP contribution in [0.1, 0.15) is 44.2 Å². The van der Waals surface area contributed by atoms with Gasteiger partial charge < -0.3 is 10.7 Å². The second kappa shape index (κ2) is 3.28. The predicted molar refractivity (Wildman–Crippen MR) is 70.6 cm³/mol. The van der Waals surface area contributed by atoms with E-state index in [-0.39, 0.29) is 0 Å². The summed E-state index contributed by atoms with van der Waals surface area (Å²) in [6.45, 7) is 0. The summed E-state index contributed by atoms with van der Waals surface area (Å²) in [4.78, 5) is 7.63. The van der Waals surface area contributed by atoms with Crippen molar-refractivity contribution in [1.29, 1.82) is 0 Å². The Labute approximate surface area is 110 Å².